The highest BCUT2D eigenvalue weighted by Crippen LogP contribution is 2.21. The average molecular weight is 554 g/mol. The number of aliphatic hydroxyl groups excluding tert-OH is 1. The van der Waals surface area contributed by atoms with Crippen molar-refractivity contribution in [2.24, 2.45) is 4.99 Å². The van der Waals surface area contributed by atoms with Crippen molar-refractivity contribution in [3.8, 4) is 5.75 Å². The normalized spacial score (nSPS) is 18.7. The van der Waals surface area contributed by atoms with Crippen LogP contribution in [-0.4, -0.2) is 68.4 Å². The number of rotatable bonds is 9. The summed E-state index contributed by atoms with van der Waals surface area (Å²) in [5.74, 6) is 1.27. The third kappa shape index (κ3) is 8.56. The molecule has 0 spiro atoms. The summed E-state index contributed by atoms with van der Waals surface area (Å²) in [6.07, 6.45) is 2.23. The molecule has 172 valence electrons. The van der Waals surface area contributed by atoms with Crippen LogP contribution in [0.3, 0.4) is 0 Å². The standard InChI is InChI=1S/C20H34N4O4S.HI/c1-5-21-20(22-13-17-9-7-11-24(17)29(4,26)27)23-14-19(25)16-8-6-10-18(12-16)28-15(2)3;/h6,8,10,12,15,17,19,25H,5,7,9,11,13-14H2,1-4H3,(H2,21,22,23);1H/t17-,19?;/m1./s1. The number of sulfonamides is 1. The van der Waals surface area contributed by atoms with E-state index in [9.17, 15) is 13.5 Å². The van der Waals surface area contributed by atoms with E-state index in [2.05, 4.69) is 15.6 Å². The fourth-order valence-electron chi connectivity index (χ4n) is 3.36. The number of aliphatic hydroxyl groups is 1. The number of guanidine groups is 1. The number of ether oxygens (including phenoxy) is 1. The highest BCUT2D eigenvalue weighted by Gasteiger charge is 2.31. The highest BCUT2D eigenvalue weighted by molar-refractivity contribution is 14.0. The Balaban J connectivity index is 0.00000450. The zero-order chi connectivity index (χ0) is 21.4. The van der Waals surface area contributed by atoms with Crippen LogP contribution in [0, 0.1) is 0 Å². The Morgan fingerprint density at radius 1 is 1.37 bits per heavy atom. The van der Waals surface area contributed by atoms with Crippen LogP contribution in [0.25, 0.3) is 0 Å². The van der Waals surface area contributed by atoms with Crippen molar-refractivity contribution in [3.05, 3.63) is 29.8 Å². The number of halogens is 1. The summed E-state index contributed by atoms with van der Waals surface area (Å²) < 4.78 is 31.0. The molecule has 1 heterocycles. The van der Waals surface area contributed by atoms with Crippen LogP contribution in [0.15, 0.2) is 29.3 Å². The minimum atomic E-state index is -3.21. The van der Waals surface area contributed by atoms with Gasteiger partial charge >= 0.3 is 0 Å². The van der Waals surface area contributed by atoms with E-state index in [4.69, 9.17) is 4.74 Å². The van der Waals surface area contributed by atoms with E-state index >= 15 is 0 Å². The second-order valence-corrected chi connectivity index (χ2v) is 9.46. The number of nitrogens with zero attached hydrogens (tertiary/aromatic N) is 2. The minimum Gasteiger partial charge on any atom is -0.491 e. The van der Waals surface area contributed by atoms with Crippen LogP contribution < -0.4 is 15.4 Å². The molecule has 1 fully saturated rings. The van der Waals surface area contributed by atoms with E-state index in [0.29, 0.717) is 31.3 Å². The summed E-state index contributed by atoms with van der Waals surface area (Å²) in [6.45, 7) is 7.76. The van der Waals surface area contributed by atoms with Crippen LogP contribution in [-0.2, 0) is 10.0 Å². The van der Waals surface area contributed by atoms with Crippen molar-refractivity contribution in [2.45, 2.75) is 51.9 Å². The molecule has 3 N–H and O–H groups in total. The lowest BCUT2D eigenvalue weighted by atomic mass is 10.1. The topological polar surface area (TPSA) is 103 Å². The van der Waals surface area contributed by atoms with Gasteiger partial charge in [0.1, 0.15) is 5.75 Å². The number of nitrogens with one attached hydrogen (secondary N) is 2. The van der Waals surface area contributed by atoms with Gasteiger partial charge in [0.25, 0.3) is 0 Å². The van der Waals surface area contributed by atoms with Gasteiger partial charge < -0.3 is 20.5 Å². The molecular formula is C20H35IN4O4S. The lowest BCUT2D eigenvalue weighted by Gasteiger charge is -2.23. The first-order valence-electron chi connectivity index (χ1n) is 10.1. The van der Waals surface area contributed by atoms with Crippen LogP contribution >= 0.6 is 24.0 Å². The molecule has 1 aromatic rings. The molecular weight excluding hydrogens is 519 g/mol. The summed E-state index contributed by atoms with van der Waals surface area (Å²) in [6, 6.07) is 7.30. The molecule has 0 aliphatic carbocycles. The van der Waals surface area contributed by atoms with Gasteiger partial charge in [-0.2, -0.15) is 4.31 Å². The summed E-state index contributed by atoms with van der Waals surface area (Å²) in [4.78, 5) is 4.46. The van der Waals surface area contributed by atoms with Gasteiger partial charge in [0, 0.05) is 25.7 Å². The molecule has 1 saturated heterocycles. The first-order chi connectivity index (χ1) is 13.7. The van der Waals surface area contributed by atoms with Gasteiger partial charge in [0.2, 0.25) is 10.0 Å². The Labute approximate surface area is 197 Å². The van der Waals surface area contributed by atoms with Gasteiger partial charge in [-0.15, -0.1) is 24.0 Å². The zero-order valence-electron chi connectivity index (χ0n) is 18.2. The molecule has 30 heavy (non-hydrogen) atoms. The van der Waals surface area contributed by atoms with Gasteiger partial charge in [-0.3, -0.25) is 4.99 Å². The molecule has 0 bridgehead atoms. The third-order valence-electron chi connectivity index (χ3n) is 4.64. The molecule has 1 aliphatic rings. The summed E-state index contributed by atoms with van der Waals surface area (Å²) >= 11 is 0. The van der Waals surface area contributed by atoms with Crippen LogP contribution in [0.2, 0.25) is 0 Å². The maximum Gasteiger partial charge on any atom is 0.211 e. The number of benzene rings is 1. The van der Waals surface area contributed by atoms with E-state index in [1.807, 2.05) is 45.0 Å². The van der Waals surface area contributed by atoms with E-state index in [0.717, 1.165) is 18.4 Å². The Morgan fingerprint density at radius 3 is 2.73 bits per heavy atom. The molecule has 0 radical (unpaired) electrons. The number of hydrogen-bond acceptors (Lipinski definition) is 5. The fraction of sp³-hybridized carbons (Fsp3) is 0.650. The quantitative estimate of drug-likeness (QED) is 0.246. The fourth-order valence-corrected chi connectivity index (χ4v) is 4.54. The second-order valence-electron chi connectivity index (χ2n) is 7.53. The van der Waals surface area contributed by atoms with Gasteiger partial charge in [0.05, 0.1) is 25.0 Å². The van der Waals surface area contributed by atoms with Crippen LogP contribution in [0.4, 0.5) is 0 Å². The minimum absolute atomic E-state index is 0. The highest BCUT2D eigenvalue weighted by atomic mass is 127. The molecule has 0 saturated carbocycles. The van der Waals surface area contributed by atoms with E-state index in [-0.39, 0.29) is 42.7 Å². The van der Waals surface area contributed by atoms with Crippen molar-refractivity contribution >= 4 is 40.0 Å². The zero-order valence-corrected chi connectivity index (χ0v) is 21.3. The van der Waals surface area contributed by atoms with E-state index < -0.39 is 16.1 Å². The summed E-state index contributed by atoms with van der Waals surface area (Å²) in [7, 11) is -3.21. The Morgan fingerprint density at radius 2 is 2.10 bits per heavy atom. The van der Waals surface area contributed by atoms with E-state index in [1.54, 1.807) is 4.31 Å². The molecule has 8 nitrogen and oxygen atoms in total. The first kappa shape index (κ1) is 26.9. The Bertz CT molecular complexity index is 789. The lowest BCUT2D eigenvalue weighted by molar-refractivity contribution is 0.185. The monoisotopic (exact) mass is 554 g/mol. The number of hydrogen-bond donors (Lipinski definition) is 3. The molecule has 2 rings (SSSR count). The summed E-state index contributed by atoms with van der Waals surface area (Å²) in [5, 5.41) is 16.9. The second kappa shape index (κ2) is 12.7. The smallest absolute Gasteiger partial charge is 0.211 e. The van der Waals surface area contributed by atoms with Crippen molar-refractivity contribution in [1.29, 1.82) is 0 Å². The SMILES string of the molecule is CCNC(=NCC(O)c1cccc(OC(C)C)c1)NC[C@H]1CCCN1S(C)(=O)=O.I. The van der Waals surface area contributed by atoms with Crippen molar-refractivity contribution in [1.82, 2.24) is 14.9 Å². The predicted octanol–water partition coefficient (Wildman–Crippen LogP) is 2.10. The van der Waals surface area contributed by atoms with Gasteiger partial charge in [-0.1, -0.05) is 12.1 Å². The number of aliphatic imine (C=N–C) groups is 1. The van der Waals surface area contributed by atoms with Crippen LogP contribution in [0.1, 0.15) is 45.3 Å². The molecule has 10 heteroatoms. The van der Waals surface area contributed by atoms with Gasteiger partial charge in [-0.25, -0.2) is 8.42 Å². The van der Waals surface area contributed by atoms with E-state index in [1.165, 1.54) is 6.26 Å². The molecule has 1 aromatic carbocycles. The Kier molecular flexibility index (Phi) is 11.4. The Hall–Kier alpha value is -1.11. The van der Waals surface area contributed by atoms with Crippen molar-refractivity contribution in [3.63, 3.8) is 0 Å². The average Bonchev–Trinajstić information content (AvgIpc) is 3.12. The van der Waals surface area contributed by atoms with Crippen molar-refractivity contribution in [2.75, 3.05) is 32.4 Å². The maximum absolute atomic E-state index is 11.9. The molecule has 0 aromatic heterocycles. The summed E-state index contributed by atoms with van der Waals surface area (Å²) in [5.41, 5.74) is 0.738. The largest absolute Gasteiger partial charge is 0.491 e. The molecule has 2 atom stereocenters. The van der Waals surface area contributed by atoms with Crippen molar-refractivity contribution < 1.29 is 18.3 Å². The lowest BCUT2D eigenvalue weighted by Crippen LogP contribution is -2.46. The molecule has 1 aliphatic heterocycles. The van der Waals surface area contributed by atoms with Gasteiger partial charge in [0.15, 0.2) is 5.96 Å². The van der Waals surface area contributed by atoms with Crippen LogP contribution in [0.5, 0.6) is 5.75 Å². The predicted molar refractivity (Wildman–Crippen MR) is 131 cm³/mol. The first-order valence-corrected chi connectivity index (χ1v) is 12.0. The third-order valence-corrected chi connectivity index (χ3v) is 5.97. The molecule has 0 amide bonds. The maximum atomic E-state index is 11.9. The molecule has 1 unspecified atom stereocenters. The van der Waals surface area contributed by atoms with Gasteiger partial charge in [-0.05, 0) is 51.3 Å².